The van der Waals surface area contributed by atoms with Gasteiger partial charge in [0.1, 0.15) is 6.61 Å². The van der Waals surface area contributed by atoms with Crippen molar-refractivity contribution >= 4 is 17.0 Å². The fourth-order valence-corrected chi connectivity index (χ4v) is 6.96. The lowest BCUT2D eigenvalue weighted by Crippen LogP contribution is -2.62. The van der Waals surface area contributed by atoms with E-state index >= 15 is 0 Å². The van der Waals surface area contributed by atoms with Crippen molar-refractivity contribution in [2.24, 2.45) is 0 Å². The molecule has 192 valence electrons. The van der Waals surface area contributed by atoms with Crippen LogP contribution in [-0.2, 0) is 15.1 Å². The molecular weight excluding hydrogens is 476 g/mol. The number of carbonyl (C=O) groups excluding carboxylic acids is 1. The number of hydrogen-bond acceptors (Lipinski definition) is 5. The summed E-state index contributed by atoms with van der Waals surface area (Å²) < 4.78 is 11.9. The minimum absolute atomic E-state index is 0.0110. The lowest BCUT2D eigenvalue weighted by atomic mass is 9.75. The SMILES string of the molecule is Cc1c(C2(O)CC3COCC(C2)N3C(=O)OCC2c3ccccc3-c3ccccc32)ccc2cccnc12. The molecule has 6 nitrogen and oxygen atoms in total. The Morgan fingerprint density at radius 3 is 2.32 bits per heavy atom. The van der Waals surface area contributed by atoms with Crippen molar-refractivity contribution in [2.45, 2.75) is 43.4 Å². The quantitative estimate of drug-likeness (QED) is 0.395. The second kappa shape index (κ2) is 8.93. The molecule has 6 heteroatoms. The van der Waals surface area contributed by atoms with E-state index in [0.717, 1.165) is 22.0 Å². The molecule has 2 unspecified atom stereocenters. The van der Waals surface area contributed by atoms with Crippen molar-refractivity contribution in [3.05, 3.63) is 101 Å². The molecule has 1 amide bonds. The third-order valence-corrected chi connectivity index (χ3v) is 8.63. The summed E-state index contributed by atoms with van der Waals surface area (Å²) in [7, 11) is 0. The molecule has 0 saturated carbocycles. The lowest BCUT2D eigenvalue weighted by molar-refractivity contribution is -0.136. The molecule has 1 aliphatic carbocycles. The van der Waals surface area contributed by atoms with Crippen LogP contribution in [0.25, 0.3) is 22.0 Å². The van der Waals surface area contributed by atoms with Gasteiger partial charge in [-0.3, -0.25) is 9.88 Å². The number of fused-ring (bicyclic) bond motifs is 6. The summed E-state index contributed by atoms with van der Waals surface area (Å²) in [6.45, 7) is 3.07. The minimum atomic E-state index is -1.06. The predicted octanol–water partition coefficient (Wildman–Crippen LogP) is 5.54. The average molecular weight is 507 g/mol. The second-order valence-corrected chi connectivity index (χ2v) is 10.8. The summed E-state index contributed by atoms with van der Waals surface area (Å²) in [6, 6.07) is 24.2. The molecule has 2 aliphatic heterocycles. The van der Waals surface area contributed by atoms with Crippen LogP contribution in [0.2, 0.25) is 0 Å². The molecule has 2 bridgehead atoms. The van der Waals surface area contributed by atoms with Gasteiger partial charge in [0, 0.05) is 30.3 Å². The highest BCUT2D eigenvalue weighted by molar-refractivity contribution is 5.83. The number of benzene rings is 3. The zero-order valence-corrected chi connectivity index (χ0v) is 21.3. The van der Waals surface area contributed by atoms with Gasteiger partial charge in [0.05, 0.1) is 36.4 Å². The number of aliphatic hydroxyl groups is 1. The maximum Gasteiger partial charge on any atom is 0.410 e. The Morgan fingerprint density at radius 1 is 0.974 bits per heavy atom. The Balaban J connectivity index is 1.12. The first kappa shape index (κ1) is 23.4. The van der Waals surface area contributed by atoms with Crippen LogP contribution in [0, 0.1) is 6.92 Å². The van der Waals surface area contributed by atoms with Crippen molar-refractivity contribution in [3.63, 3.8) is 0 Å². The minimum Gasteiger partial charge on any atom is -0.448 e. The molecule has 2 atom stereocenters. The summed E-state index contributed by atoms with van der Waals surface area (Å²) in [5.74, 6) is 0.0110. The van der Waals surface area contributed by atoms with Gasteiger partial charge >= 0.3 is 6.09 Å². The third-order valence-electron chi connectivity index (χ3n) is 8.63. The maximum absolute atomic E-state index is 13.5. The zero-order chi connectivity index (χ0) is 25.9. The van der Waals surface area contributed by atoms with Crippen molar-refractivity contribution in [3.8, 4) is 11.1 Å². The number of pyridine rings is 1. The van der Waals surface area contributed by atoms with Crippen LogP contribution in [0.4, 0.5) is 4.79 Å². The molecule has 0 spiro atoms. The van der Waals surface area contributed by atoms with Gasteiger partial charge in [-0.1, -0.05) is 66.7 Å². The monoisotopic (exact) mass is 506 g/mol. The molecule has 7 rings (SSSR count). The topological polar surface area (TPSA) is 71.9 Å². The molecule has 1 aromatic heterocycles. The fraction of sp³-hybridized carbons (Fsp3) is 0.312. The lowest BCUT2D eigenvalue weighted by Gasteiger charge is -2.51. The fourth-order valence-electron chi connectivity index (χ4n) is 6.96. The molecule has 3 aliphatic rings. The van der Waals surface area contributed by atoms with Crippen LogP contribution in [-0.4, -0.2) is 53.0 Å². The maximum atomic E-state index is 13.5. The number of carbonyl (C=O) groups is 1. The number of piperidine rings is 1. The Morgan fingerprint density at radius 2 is 1.63 bits per heavy atom. The first-order chi connectivity index (χ1) is 18.5. The van der Waals surface area contributed by atoms with Gasteiger partial charge in [-0.2, -0.15) is 0 Å². The van der Waals surface area contributed by atoms with Crippen molar-refractivity contribution in [1.82, 2.24) is 9.88 Å². The molecule has 2 saturated heterocycles. The predicted molar refractivity (Wildman–Crippen MR) is 145 cm³/mol. The normalized spacial score (nSPS) is 24.2. The third kappa shape index (κ3) is 3.62. The highest BCUT2D eigenvalue weighted by Crippen LogP contribution is 2.46. The van der Waals surface area contributed by atoms with Gasteiger partial charge in [-0.15, -0.1) is 0 Å². The summed E-state index contributed by atoms with van der Waals surface area (Å²) >= 11 is 0. The zero-order valence-electron chi connectivity index (χ0n) is 21.3. The van der Waals surface area contributed by atoms with Crippen LogP contribution in [0.15, 0.2) is 79.0 Å². The van der Waals surface area contributed by atoms with E-state index in [1.54, 1.807) is 6.20 Å². The molecule has 1 N–H and O–H groups in total. The summed E-state index contributed by atoms with van der Waals surface area (Å²) in [5.41, 5.74) is 6.51. The van der Waals surface area contributed by atoms with E-state index in [4.69, 9.17) is 9.47 Å². The highest BCUT2D eigenvalue weighted by atomic mass is 16.6. The Kier molecular flexibility index (Phi) is 5.49. The number of aromatic nitrogens is 1. The summed E-state index contributed by atoms with van der Waals surface area (Å²) in [5, 5.41) is 13.0. The van der Waals surface area contributed by atoms with Crippen LogP contribution in [0.3, 0.4) is 0 Å². The molecular formula is C32H30N2O4. The first-order valence-corrected chi connectivity index (χ1v) is 13.3. The standard InChI is InChI=1S/C32H30N2O4/c1-20-29(13-12-21-7-6-14-33-30(20)21)32(36)15-22-17-37-18-23(16-32)34(22)31(35)38-19-28-26-10-4-2-8-24(26)25-9-3-5-11-27(25)28/h2-14,22-23,28,36H,15-19H2,1H3. The smallest absolute Gasteiger partial charge is 0.410 e. The van der Waals surface area contributed by atoms with Crippen LogP contribution >= 0.6 is 0 Å². The number of amides is 1. The van der Waals surface area contributed by atoms with E-state index in [1.165, 1.54) is 22.3 Å². The van der Waals surface area contributed by atoms with E-state index < -0.39 is 5.60 Å². The number of morpholine rings is 1. The summed E-state index contributed by atoms with van der Waals surface area (Å²) in [6.07, 6.45) is 2.25. The second-order valence-electron chi connectivity index (χ2n) is 10.8. The molecule has 3 heterocycles. The molecule has 2 fully saturated rings. The number of ether oxygens (including phenoxy) is 2. The molecule has 4 aromatic rings. The average Bonchev–Trinajstić information content (AvgIpc) is 3.25. The van der Waals surface area contributed by atoms with E-state index in [1.807, 2.05) is 60.4 Å². The Hall–Kier alpha value is -3.74. The number of hydrogen-bond donors (Lipinski definition) is 1. The highest BCUT2D eigenvalue weighted by Gasteiger charge is 2.50. The van der Waals surface area contributed by atoms with Crippen LogP contribution in [0.5, 0.6) is 0 Å². The number of rotatable bonds is 3. The summed E-state index contributed by atoms with van der Waals surface area (Å²) in [4.78, 5) is 19.9. The molecule has 38 heavy (non-hydrogen) atoms. The van der Waals surface area contributed by atoms with Crippen molar-refractivity contribution in [1.29, 1.82) is 0 Å². The van der Waals surface area contributed by atoms with E-state index in [0.29, 0.717) is 26.1 Å². The van der Waals surface area contributed by atoms with Gasteiger partial charge < -0.3 is 14.6 Å². The van der Waals surface area contributed by atoms with Crippen LogP contribution < -0.4 is 0 Å². The molecule has 3 aromatic carbocycles. The van der Waals surface area contributed by atoms with E-state index in [2.05, 4.69) is 29.2 Å². The Bertz CT molecular complexity index is 1490. The molecule has 0 radical (unpaired) electrons. The van der Waals surface area contributed by atoms with Gasteiger partial charge in [0.15, 0.2) is 0 Å². The number of aryl methyl sites for hydroxylation is 1. The first-order valence-electron chi connectivity index (χ1n) is 13.3. The number of nitrogens with zero attached hydrogens (tertiary/aromatic N) is 2. The van der Waals surface area contributed by atoms with Crippen molar-refractivity contribution < 1.29 is 19.4 Å². The van der Waals surface area contributed by atoms with Gasteiger partial charge in [-0.05, 0) is 46.4 Å². The largest absolute Gasteiger partial charge is 0.448 e. The Labute approximate surface area is 221 Å². The van der Waals surface area contributed by atoms with Gasteiger partial charge in [0.25, 0.3) is 0 Å². The van der Waals surface area contributed by atoms with E-state index in [9.17, 15) is 9.90 Å². The van der Waals surface area contributed by atoms with Crippen molar-refractivity contribution in [2.75, 3.05) is 19.8 Å². The van der Waals surface area contributed by atoms with Gasteiger partial charge in [0.2, 0.25) is 0 Å². The van der Waals surface area contributed by atoms with E-state index in [-0.39, 0.29) is 30.7 Å². The van der Waals surface area contributed by atoms with Gasteiger partial charge in [-0.25, -0.2) is 4.79 Å². The van der Waals surface area contributed by atoms with Crippen LogP contribution in [0.1, 0.15) is 41.0 Å².